The van der Waals surface area contributed by atoms with E-state index in [1.54, 1.807) is 37.4 Å². The van der Waals surface area contributed by atoms with E-state index in [1.165, 1.54) is 6.07 Å². The van der Waals surface area contributed by atoms with E-state index >= 15 is 0 Å². The fourth-order valence-electron chi connectivity index (χ4n) is 2.00. The van der Waals surface area contributed by atoms with Crippen LogP contribution in [0.4, 0.5) is 10.5 Å². The number of hydrogen-bond acceptors (Lipinski definition) is 3. The van der Waals surface area contributed by atoms with Crippen molar-refractivity contribution in [3.05, 3.63) is 57.0 Å². The summed E-state index contributed by atoms with van der Waals surface area (Å²) in [6.45, 7) is 0.0976. The van der Waals surface area contributed by atoms with Gasteiger partial charge in [-0.3, -0.25) is 4.90 Å². The smallest absolute Gasteiger partial charge is 0.412 e. The Balaban J connectivity index is 2.41. The Labute approximate surface area is 146 Å². The molecule has 0 radical (unpaired) electrons. The first-order valence-electron chi connectivity index (χ1n) is 6.48. The van der Waals surface area contributed by atoms with Crippen LogP contribution in [0, 0.1) is 11.3 Å². The third kappa shape index (κ3) is 3.95. The minimum atomic E-state index is -1.16. The number of hydrogen-bond donors (Lipinski definition) is 1. The van der Waals surface area contributed by atoms with Crippen LogP contribution < -0.4 is 9.64 Å². The van der Waals surface area contributed by atoms with Gasteiger partial charge in [-0.25, -0.2) is 4.79 Å². The highest BCUT2D eigenvalue weighted by Crippen LogP contribution is 2.35. The van der Waals surface area contributed by atoms with E-state index in [1.807, 2.05) is 6.07 Å². The highest BCUT2D eigenvalue weighted by Gasteiger charge is 2.20. The van der Waals surface area contributed by atoms with E-state index in [-0.39, 0.29) is 17.3 Å². The maximum Gasteiger partial charge on any atom is 0.412 e. The van der Waals surface area contributed by atoms with Crippen molar-refractivity contribution >= 4 is 39.3 Å². The van der Waals surface area contributed by atoms with Crippen LogP contribution in [-0.4, -0.2) is 18.3 Å². The second kappa shape index (κ2) is 7.36. The number of rotatable bonds is 4. The monoisotopic (exact) mass is 394 g/mol. The van der Waals surface area contributed by atoms with E-state index in [0.717, 1.165) is 10.5 Å². The molecule has 0 aliphatic heterocycles. The molecule has 0 spiro atoms. The predicted molar refractivity (Wildman–Crippen MR) is 91.1 cm³/mol. The molecular weight excluding hydrogens is 384 g/mol. The summed E-state index contributed by atoms with van der Waals surface area (Å²) in [5.41, 5.74) is 1.33. The first-order chi connectivity index (χ1) is 11.0. The predicted octanol–water partition coefficient (Wildman–Crippen LogP) is 4.67. The zero-order valence-electron chi connectivity index (χ0n) is 12.1. The molecule has 5 nitrogen and oxygen atoms in total. The largest absolute Gasteiger partial charge is 0.497 e. The van der Waals surface area contributed by atoms with Gasteiger partial charge in [-0.15, -0.1) is 0 Å². The van der Waals surface area contributed by atoms with Crippen LogP contribution in [0.25, 0.3) is 0 Å². The van der Waals surface area contributed by atoms with E-state index in [9.17, 15) is 9.90 Å². The van der Waals surface area contributed by atoms with Crippen LogP contribution in [0.3, 0.4) is 0 Å². The summed E-state index contributed by atoms with van der Waals surface area (Å²) in [6.07, 6.45) is -1.16. The number of carboxylic acid groups (broad SMARTS) is 1. The highest BCUT2D eigenvalue weighted by atomic mass is 79.9. The number of amides is 1. The summed E-state index contributed by atoms with van der Waals surface area (Å²) in [6, 6.07) is 12.0. The summed E-state index contributed by atoms with van der Waals surface area (Å²) in [5, 5.41) is 18.8. The highest BCUT2D eigenvalue weighted by molar-refractivity contribution is 9.10. The Morgan fingerprint density at radius 3 is 2.57 bits per heavy atom. The molecule has 0 saturated heterocycles. The SMILES string of the molecule is COc1ccc(CN(C(=O)O)c2cc(C#N)cc(Br)c2Cl)cc1. The van der Waals surface area contributed by atoms with Crippen molar-refractivity contribution in [2.45, 2.75) is 6.54 Å². The molecule has 0 heterocycles. The molecule has 2 aromatic rings. The van der Waals surface area contributed by atoms with Crippen LogP contribution in [0.1, 0.15) is 11.1 Å². The van der Waals surface area contributed by atoms with Gasteiger partial charge in [0.05, 0.1) is 36.0 Å². The third-order valence-electron chi connectivity index (χ3n) is 3.16. The Morgan fingerprint density at radius 2 is 2.04 bits per heavy atom. The van der Waals surface area contributed by atoms with E-state index in [2.05, 4.69) is 15.9 Å². The van der Waals surface area contributed by atoms with Gasteiger partial charge >= 0.3 is 6.09 Å². The van der Waals surface area contributed by atoms with Crippen LogP contribution in [0.15, 0.2) is 40.9 Å². The van der Waals surface area contributed by atoms with Gasteiger partial charge in [-0.1, -0.05) is 23.7 Å². The minimum absolute atomic E-state index is 0.0976. The van der Waals surface area contributed by atoms with Crippen molar-refractivity contribution in [1.82, 2.24) is 0 Å². The summed E-state index contributed by atoms with van der Waals surface area (Å²) in [4.78, 5) is 12.7. The first kappa shape index (κ1) is 17.1. The molecule has 0 unspecified atom stereocenters. The quantitative estimate of drug-likeness (QED) is 0.816. The second-order valence-electron chi connectivity index (χ2n) is 4.62. The molecule has 2 aromatic carbocycles. The number of methoxy groups -OCH3 is 1. The van der Waals surface area contributed by atoms with Gasteiger partial charge < -0.3 is 9.84 Å². The Morgan fingerprint density at radius 1 is 1.39 bits per heavy atom. The number of anilines is 1. The minimum Gasteiger partial charge on any atom is -0.497 e. The van der Waals surface area contributed by atoms with E-state index < -0.39 is 6.09 Å². The van der Waals surface area contributed by atoms with Crippen molar-refractivity contribution in [1.29, 1.82) is 5.26 Å². The van der Waals surface area contributed by atoms with Gasteiger partial charge in [0, 0.05) is 4.47 Å². The lowest BCUT2D eigenvalue weighted by Gasteiger charge is -2.21. The van der Waals surface area contributed by atoms with Crippen LogP contribution in [-0.2, 0) is 6.54 Å². The number of ether oxygens (including phenoxy) is 1. The van der Waals surface area contributed by atoms with Crippen LogP contribution in [0.5, 0.6) is 5.75 Å². The molecule has 1 amide bonds. The van der Waals surface area contributed by atoms with Crippen molar-refractivity contribution < 1.29 is 14.6 Å². The van der Waals surface area contributed by atoms with Gasteiger partial charge in [0.1, 0.15) is 5.75 Å². The molecule has 0 fully saturated rings. The van der Waals surface area contributed by atoms with Gasteiger partial charge in [-0.05, 0) is 45.8 Å². The Bertz CT molecular complexity index is 772. The lowest BCUT2D eigenvalue weighted by Crippen LogP contribution is -2.29. The van der Waals surface area contributed by atoms with Gasteiger partial charge in [-0.2, -0.15) is 5.26 Å². The molecule has 0 bridgehead atoms. The van der Waals surface area contributed by atoms with Gasteiger partial charge in [0.15, 0.2) is 0 Å². The molecule has 0 saturated carbocycles. The molecule has 23 heavy (non-hydrogen) atoms. The van der Waals surface area contributed by atoms with Crippen LogP contribution in [0.2, 0.25) is 5.02 Å². The molecule has 0 aromatic heterocycles. The zero-order chi connectivity index (χ0) is 17.0. The lowest BCUT2D eigenvalue weighted by molar-refractivity contribution is 0.201. The second-order valence-corrected chi connectivity index (χ2v) is 5.85. The van der Waals surface area contributed by atoms with Gasteiger partial charge in [0.25, 0.3) is 0 Å². The summed E-state index contributed by atoms with van der Waals surface area (Å²) in [5.74, 6) is 0.683. The standard InChI is InChI=1S/C16H12BrClN2O3/c1-23-12-4-2-10(3-5-12)9-20(16(21)22)14-7-11(8-19)6-13(17)15(14)18/h2-7H,9H2,1H3,(H,21,22). The molecule has 0 atom stereocenters. The van der Waals surface area contributed by atoms with Crippen LogP contribution >= 0.6 is 27.5 Å². The third-order valence-corrected chi connectivity index (χ3v) is 4.41. The molecule has 118 valence electrons. The van der Waals surface area contributed by atoms with Gasteiger partial charge in [0.2, 0.25) is 0 Å². The number of benzene rings is 2. The molecule has 0 aliphatic rings. The zero-order valence-corrected chi connectivity index (χ0v) is 14.4. The number of nitriles is 1. The van der Waals surface area contributed by atoms with Crippen molar-refractivity contribution in [3.63, 3.8) is 0 Å². The molecule has 1 N–H and O–H groups in total. The molecule has 2 rings (SSSR count). The Hall–Kier alpha value is -2.23. The summed E-state index contributed by atoms with van der Waals surface area (Å²) >= 11 is 9.43. The molecule has 0 aliphatic carbocycles. The Kier molecular flexibility index (Phi) is 5.48. The van der Waals surface area contributed by atoms with E-state index in [0.29, 0.717) is 15.8 Å². The van der Waals surface area contributed by atoms with Crippen molar-refractivity contribution in [2.24, 2.45) is 0 Å². The fourth-order valence-corrected chi connectivity index (χ4v) is 2.67. The molecular formula is C16H12BrClN2O3. The topological polar surface area (TPSA) is 73.6 Å². The van der Waals surface area contributed by atoms with Crippen molar-refractivity contribution in [3.8, 4) is 11.8 Å². The normalized spacial score (nSPS) is 10.0. The average molecular weight is 396 g/mol. The number of halogens is 2. The summed E-state index contributed by atoms with van der Waals surface area (Å²) in [7, 11) is 1.56. The summed E-state index contributed by atoms with van der Waals surface area (Å²) < 4.78 is 5.54. The average Bonchev–Trinajstić information content (AvgIpc) is 2.55. The molecule has 7 heteroatoms. The number of nitrogens with zero attached hydrogens (tertiary/aromatic N) is 2. The maximum atomic E-state index is 11.6. The van der Waals surface area contributed by atoms with E-state index in [4.69, 9.17) is 21.6 Å². The van der Waals surface area contributed by atoms with Crippen molar-refractivity contribution in [2.75, 3.05) is 12.0 Å². The number of carbonyl (C=O) groups is 1. The fraction of sp³-hybridized carbons (Fsp3) is 0.125. The maximum absolute atomic E-state index is 11.6. The first-order valence-corrected chi connectivity index (χ1v) is 7.66. The lowest BCUT2D eigenvalue weighted by atomic mass is 10.1.